The van der Waals surface area contributed by atoms with Crippen molar-refractivity contribution >= 4 is 0 Å². The average Bonchev–Trinajstić information content (AvgIpc) is 2.76. The van der Waals surface area contributed by atoms with Crippen LogP contribution in [0.25, 0.3) is 0 Å². The molecule has 0 aromatic heterocycles. The average molecular weight is 234 g/mol. The highest BCUT2D eigenvalue weighted by Gasteiger charge is 2.11. The van der Waals surface area contributed by atoms with Crippen LogP contribution < -0.4 is 10.5 Å². The lowest BCUT2D eigenvalue weighted by Gasteiger charge is -2.15. The number of hydrogen-bond acceptors (Lipinski definition) is 3. The van der Waals surface area contributed by atoms with E-state index in [1.54, 1.807) is 0 Å². The molecule has 1 aromatic rings. The van der Waals surface area contributed by atoms with Gasteiger partial charge in [0.1, 0.15) is 12.4 Å². The molecule has 0 aliphatic heterocycles. The van der Waals surface area contributed by atoms with Crippen molar-refractivity contribution in [2.45, 2.75) is 19.3 Å². The fraction of sp³-hybridized carbons (Fsp3) is 0.571. The number of rotatable bonds is 6. The maximum Gasteiger partial charge on any atom is 0.119 e. The Balaban J connectivity index is 1.79. The molecule has 1 aliphatic rings. The maximum absolute atomic E-state index is 5.77. The van der Waals surface area contributed by atoms with Crippen LogP contribution >= 0.6 is 0 Å². The molecule has 2 N–H and O–H groups in total. The van der Waals surface area contributed by atoms with Gasteiger partial charge in [-0.3, -0.25) is 0 Å². The summed E-state index contributed by atoms with van der Waals surface area (Å²) in [5.74, 6) is 1.01. The number of nitrogens with two attached hydrogens (primary N) is 1. The van der Waals surface area contributed by atoms with E-state index in [4.69, 9.17) is 10.5 Å². The third-order valence-electron chi connectivity index (χ3n) is 3.32. The maximum atomic E-state index is 5.77. The quantitative estimate of drug-likeness (QED) is 0.809. The summed E-state index contributed by atoms with van der Waals surface area (Å²) in [6, 6.07) is 6.50. The summed E-state index contributed by atoms with van der Waals surface area (Å²) in [6.45, 7) is 3.28. The second kappa shape index (κ2) is 6.03. The van der Waals surface area contributed by atoms with E-state index in [2.05, 4.69) is 30.1 Å². The van der Waals surface area contributed by atoms with Gasteiger partial charge in [0, 0.05) is 19.6 Å². The number of benzene rings is 1. The number of ether oxygens (including phenoxy) is 1. The van der Waals surface area contributed by atoms with Crippen molar-refractivity contribution in [1.29, 1.82) is 0 Å². The highest BCUT2D eigenvalue weighted by atomic mass is 16.5. The van der Waals surface area contributed by atoms with Crippen LogP contribution in [0.1, 0.15) is 17.5 Å². The molecule has 94 valence electrons. The second-order valence-corrected chi connectivity index (χ2v) is 4.72. The van der Waals surface area contributed by atoms with Gasteiger partial charge in [0.2, 0.25) is 0 Å². The van der Waals surface area contributed by atoms with E-state index in [1.807, 2.05) is 0 Å². The summed E-state index contributed by atoms with van der Waals surface area (Å²) in [5.41, 5.74) is 8.46. The molecular weight excluding hydrogens is 212 g/mol. The van der Waals surface area contributed by atoms with Crippen LogP contribution in [-0.2, 0) is 12.8 Å². The van der Waals surface area contributed by atoms with Gasteiger partial charge in [-0.25, -0.2) is 0 Å². The van der Waals surface area contributed by atoms with E-state index in [0.29, 0.717) is 6.54 Å². The third-order valence-corrected chi connectivity index (χ3v) is 3.32. The van der Waals surface area contributed by atoms with Crippen molar-refractivity contribution in [3.8, 4) is 5.75 Å². The topological polar surface area (TPSA) is 38.5 Å². The van der Waals surface area contributed by atoms with Gasteiger partial charge in [-0.15, -0.1) is 0 Å². The molecule has 1 aliphatic carbocycles. The molecule has 1 aromatic carbocycles. The van der Waals surface area contributed by atoms with E-state index in [-0.39, 0.29) is 0 Å². The smallest absolute Gasteiger partial charge is 0.119 e. The molecule has 0 saturated heterocycles. The minimum Gasteiger partial charge on any atom is -0.492 e. The zero-order valence-corrected chi connectivity index (χ0v) is 10.6. The molecule has 0 amide bonds. The van der Waals surface area contributed by atoms with Gasteiger partial charge in [-0.2, -0.15) is 0 Å². The Morgan fingerprint density at radius 2 is 2.06 bits per heavy atom. The first-order valence-corrected chi connectivity index (χ1v) is 6.43. The summed E-state index contributed by atoms with van der Waals surface area (Å²) in [6.07, 6.45) is 3.73. The molecule has 0 atom stereocenters. The summed E-state index contributed by atoms with van der Waals surface area (Å²) in [7, 11) is 2.07. The molecule has 0 heterocycles. The van der Waals surface area contributed by atoms with Gasteiger partial charge < -0.3 is 15.4 Å². The number of aryl methyl sites for hydroxylation is 2. The fourth-order valence-electron chi connectivity index (χ4n) is 2.29. The summed E-state index contributed by atoms with van der Waals surface area (Å²) >= 11 is 0. The van der Waals surface area contributed by atoms with Crippen LogP contribution in [0.2, 0.25) is 0 Å². The molecule has 0 spiro atoms. The first-order chi connectivity index (χ1) is 8.29. The van der Waals surface area contributed by atoms with E-state index >= 15 is 0 Å². The van der Waals surface area contributed by atoms with Gasteiger partial charge in [-0.05, 0) is 49.6 Å². The normalized spacial score (nSPS) is 14.1. The van der Waals surface area contributed by atoms with Crippen LogP contribution in [0, 0.1) is 0 Å². The number of hydrogen-bond donors (Lipinski definition) is 1. The second-order valence-electron chi connectivity index (χ2n) is 4.72. The third kappa shape index (κ3) is 3.45. The monoisotopic (exact) mass is 234 g/mol. The minimum absolute atomic E-state index is 0.704. The predicted octanol–water partition coefficient (Wildman–Crippen LogP) is 1.44. The van der Waals surface area contributed by atoms with E-state index in [9.17, 15) is 0 Å². The van der Waals surface area contributed by atoms with Crippen molar-refractivity contribution in [3.63, 3.8) is 0 Å². The lowest BCUT2D eigenvalue weighted by molar-refractivity contribution is 0.241. The van der Waals surface area contributed by atoms with Crippen LogP contribution in [-0.4, -0.2) is 38.2 Å². The predicted molar refractivity (Wildman–Crippen MR) is 70.5 cm³/mol. The zero-order chi connectivity index (χ0) is 12.1. The zero-order valence-electron chi connectivity index (χ0n) is 10.6. The lowest BCUT2D eigenvalue weighted by Crippen LogP contribution is -2.29. The Morgan fingerprint density at radius 1 is 1.24 bits per heavy atom. The Hall–Kier alpha value is -1.06. The highest BCUT2D eigenvalue weighted by molar-refractivity contribution is 5.38. The summed E-state index contributed by atoms with van der Waals surface area (Å²) in [4.78, 5) is 2.19. The molecule has 2 rings (SSSR count). The molecule has 17 heavy (non-hydrogen) atoms. The van der Waals surface area contributed by atoms with Gasteiger partial charge >= 0.3 is 0 Å². The van der Waals surface area contributed by atoms with Crippen molar-refractivity contribution in [3.05, 3.63) is 29.3 Å². The van der Waals surface area contributed by atoms with Crippen LogP contribution in [0.4, 0.5) is 0 Å². The number of fused-ring (bicyclic) bond motifs is 1. The van der Waals surface area contributed by atoms with Gasteiger partial charge in [0.15, 0.2) is 0 Å². The van der Waals surface area contributed by atoms with Crippen LogP contribution in [0.3, 0.4) is 0 Å². The van der Waals surface area contributed by atoms with Gasteiger partial charge in [0.25, 0.3) is 0 Å². The summed E-state index contributed by atoms with van der Waals surface area (Å²) < 4.78 is 5.77. The Bertz CT molecular complexity index is 365. The van der Waals surface area contributed by atoms with Crippen LogP contribution in [0.15, 0.2) is 18.2 Å². The van der Waals surface area contributed by atoms with Gasteiger partial charge in [0.05, 0.1) is 0 Å². The van der Waals surface area contributed by atoms with E-state index in [1.165, 1.54) is 30.4 Å². The molecule has 0 bridgehead atoms. The first-order valence-electron chi connectivity index (χ1n) is 6.43. The summed E-state index contributed by atoms with van der Waals surface area (Å²) in [5, 5.41) is 0. The van der Waals surface area contributed by atoms with Crippen molar-refractivity contribution in [1.82, 2.24) is 4.90 Å². The largest absolute Gasteiger partial charge is 0.492 e. The van der Waals surface area contributed by atoms with E-state index < -0.39 is 0 Å². The number of nitrogens with zero attached hydrogens (tertiary/aromatic N) is 1. The Labute approximate surface area is 104 Å². The molecule has 3 heteroatoms. The van der Waals surface area contributed by atoms with E-state index in [0.717, 1.165) is 25.4 Å². The minimum atomic E-state index is 0.704. The standard InChI is InChI=1S/C14H22N2O/c1-16(8-7-15)9-10-17-14-6-5-12-3-2-4-13(12)11-14/h5-6,11H,2-4,7-10,15H2,1H3. The molecule has 0 radical (unpaired) electrons. The molecule has 0 fully saturated rings. The molecular formula is C14H22N2O. The van der Waals surface area contributed by atoms with Crippen molar-refractivity contribution in [2.75, 3.05) is 33.3 Å². The molecule has 3 nitrogen and oxygen atoms in total. The van der Waals surface area contributed by atoms with Crippen molar-refractivity contribution in [2.24, 2.45) is 5.73 Å². The van der Waals surface area contributed by atoms with Crippen LogP contribution in [0.5, 0.6) is 5.75 Å². The highest BCUT2D eigenvalue weighted by Crippen LogP contribution is 2.25. The Kier molecular flexibility index (Phi) is 4.40. The first kappa shape index (κ1) is 12.4. The van der Waals surface area contributed by atoms with Crippen molar-refractivity contribution < 1.29 is 4.74 Å². The Morgan fingerprint density at radius 3 is 2.88 bits per heavy atom. The van der Waals surface area contributed by atoms with Gasteiger partial charge in [-0.1, -0.05) is 6.07 Å². The fourth-order valence-corrected chi connectivity index (χ4v) is 2.29. The number of likely N-dealkylation sites (N-methyl/N-ethyl adjacent to an activating group) is 1. The lowest BCUT2D eigenvalue weighted by atomic mass is 10.1. The molecule has 0 unspecified atom stereocenters. The molecule has 0 saturated carbocycles. The SMILES string of the molecule is CN(CCN)CCOc1ccc2c(c1)CCC2.